The Morgan fingerprint density at radius 1 is 1.20 bits per heavy atom. The van der Waals surface area contributed by atoms with Gasteiger partial charge in [-0.05, 0) is 25.0 Å². The van der Waals surface area contributed by atoms with E-state index in [1.807, 2.05) is 24.5 Å². The van der Waals surface area contributed by atoms with Gasteiger partial charge in [-0.25, -0.2) is 9.97 Å². The van der Waals surface area contributed by atoms with Crippen LogP contribution in [0.15, 0.2) is 30.6 Å². The lowest BCUT2D eigenvalue weighted by molar-refractivity contribution is 0.610. The molecule has 0 aliphatic heterocycles. The summed E-state index contributed by atoms with van der Waals surface area (Å²) < 4.78 is 2.11. The fourth-order valence-corrected chi connectivity index (χ4v) is 2.39. The maximum absolute atomic E-state index is 4.60. The second kappa shape index (κ2) is 5.07. The van der Waals surface area contributed by atoms with E-state index in [-0.39, 0.29) is 6.04 Å². The van der Waals surface area contributed by atoms with Crippen molar-refractivity contribution in [3.05, 3.63) is 42.2 Å². The van der Waals surface area contributed by atoms with Gasteiger partial charge in [-0.1, -0.05) is 26.0 Å². The topological polar surface area (TPSA) is 59.4 Å². The first-order valence-electron chi connectivity index (χ1n) is 6.98. The van der Waals surface area contributed by atoms with Crippen LogP contribution in [0.1, 0.15) is 38.5 Å². The van der Waals surface area contributed by atoms with Gasteiger partial charge in [0.25, 0.3) is 0 Å². The normalized spacial score (nSPS) is 13.2. The minimum Gasteiger partial charge on any atom is -0.320 e. The first kappa shape index (κ1) is 12.8. The number of nitrogens with zero attached hydrogens (tertiary/aromatic N) is 4. The van der Waals surface area contributed by atoms with Gasteiger partial charge in [0.15, 0.2) is 5.82 Å². The summed E-state index contributed by atoms with van der Waals surface area (Å²) in [6.45, 7) is 6.44. The monoisotopic (exact) mass is 269 g/mol. The first-order valence-corrected chi connectivity index (χ1v) is 6.98. The maximum Gasteiger partial charge on any atom is 0.173 e. The molecular weight excluding hydrogens is 250 g/mol. The number of imidazole rings is 1. The average molecular weight is 269 g/mol. The number of rotatable bonds is 4. The number of hydrogen-bond donors (Lipinski definition) is 1. The maximum atomic E-state index is 4.60. The molecule has 3 aromatic rings. The second-order valence-corrected chi connectivity index (χ2v) is 5.55. The smallest absolute Gasteiger partial charge is 0.173 e. The third-order valence-corrected chi connectivity index (χ3v) is 3.42. The lowest BCUT2D eigenvalue weighted by Crippen LogP contribution is -2.07. The first-order chi connectivity index (χ1) is 9.65. The Hall–Kier alpha value is -2.17. The highest BCUT2D eigenvalue weighted by Crippen LogP contribution is 2.21. The number of para-hydroxylation sites is 2. The molecule has 0 amide bonds. The zero-order chi connectivity index (χ0) is 14.1. The molecule has 3 rings (SSSR count). The Labute approximate surface area is 118 Å². The van der Waals surface area contributed by atoms with Crippen molar-refractivity contribution < 1.29 is 0 Å². The lowest BCUT2D eigenvalue weighted by Gasteiger charge is -2.10. The molecule has 0 spiro atoms. The Balaban J connectivity index is 1.92. The van der Waals surface area contributed by atoms with Gasteiger partial charge >= 0.3 is 0 Å². The number of H-pyrrole nitrogens is 1. The molecule has 0 fully saturated rings. The van der Waals surface area contributed by atoms with E-state index in [9.17, 15) is 0 Å². The third-order valence-electron chi connectivity index (χ3n) is 3.42. The van der Waals surface area contributed by atoms with E-state index in [2.05, 4.69) is 51.6 Å². The van der Waals surface area contributed by atoms with E-state index >= 15 is 0 Å². The lowest BCUT2D eigenvalue weighted by atomic mass is 10.1. The van der Waals surface area contributed by atoms with Crippen LogP contribution in [0.5, 0.6) is 0 Å². The number of benzene rings is 1. The van der Waals surface area contributed by atoms with Crippen LogP contribution in [-0.4, -0.2) is 24.7 Å². The highest BCUT2D eigenvalue weighted by atomic mass is 15.2. The fourth-order valence-electron chi connectivity index (χ4n) is 2.39. The molecule has 1 unspecified atom stereocenters. The highest BCUT2D eigenvalue weighted by molar-refractivity contribution is 5.75. The van der Waals surface area contributed by atoms with E-state index in [0.29, 0.717) is 5.92 Å². The van der Waals surface area contributed by atoms with Crippen molar-refractivity contribution in [1.29, 1.82) is 0 Å². The predicted octanol–water partition coefficient (Wildman–Crippen LogP) is 2.96. The van der Waals surface area contributed by atoms with Gasteiger partial charge in [-0.15, -0.1) is 0 Å². The number of hydrogen-bond acceptors (Lipinski definition) is 3. The Morgan fingerprint density at radius 2 is 2.00 bits per heavy atom. The Kier molecular flexibility index (Phi) is 3.26. The SMILES string of the molecule is CC(C)Cc1nc(C(C)n2cnc3ccccc32)n[nH]1. The molecule has 2 heterocycles. The van der Waals surface area contributed by atoms with Crippen LogP contribution < -0.4 is 0 Å². The molecule has 1 aromatic carbocycles. The van der Waals surface area contributed by atoms with Crippen molar-refractivity contribution >= 4 is 11.0 Å². The summed E-state index contributed by atoms with van der Waals surface area (Å²) in [7, 11) is 0. The van der Waals surface area contributed by atoms with E-state index in [1.165, 1.54) is 0 Å². The van der Waals surface area contributed by atoms with E-state index < -0.39 is 0 Å². The van der Waals surface area contributed by atoms with Crippen LogP contribution in [0.4, 0.5) is 0 Å². The van der Waals surface area contributed by atoms with E-state index in [1.54, 1.807) is 0 Å². The number of nitrogens with one attached hydrogen (secondary N) is 1. The van der Waals surface area contributed by atoms with Crippen molar-refractivity contribution in [2.24, 2.45) is 5.92 Å². The number of aromatic amines is 1. The quantitative estimate of drug-likeness (QED) is 0.792. The molecule has 5 nitrogen and oxygen atoms in total. The Bertz CT molecular complexity index is 710. The van der Waals surface area contributed by atoms with Crippen LogP contribution in [0, 0.1) is 5.92 Å². The molecule has 0 saturated heterocycles. The summed E-state index contributed by atoms with van der Waals surface area (Å²) in [4.78, 5) is 9.02. The van der Waals surface area contributed by atoms with Crippen molar-refractivity contribution in [3.8, 4) is 0 Å². The fraction of sp³-hybridized carbons (Fsp3) is 0.400. The van der Waals surface area contributed by atoms with Crippen LogP contribution in [0.3, 0.4) is 0 Å². The van der Waals surface area contributed by atoms with Gasteiger partial charge in [0, 0.05) is 6.42 Å². The molecule has 5 heteroatoms. The van der Waals surface area contributed by atoms with E-state index in [4.69, 9.17) is 0 Å². The summed E-state index contributed by atoms with van der Waals surface area (Å²) >= 11 is 0. The molecule has 104 valence electrons. The standard InChI is InChI=1S/C15H19N5/c1-10(2)8-14-17-15(19-18-14)11(3)20-9-16-12-6-4-5-7-13(12)20/h4-7,9-11H,8H2,1-3H3,(H,17,18,19). The van der Waals surface area contributed by atoms with Gasteiger partial charge in [0.05, 0.1) is 23.4 Å². The molecule has 1 N–H and O–H groups in total. The molecule has 1 atom stereocenters. The molecular formula is C15H19N5. The molecule has 0 aliphatic rings. The van der Waals surface area contributed by atoms with Gasteiger partial charge < -0.3 is 4.57 Å². The summed E-state index contributed by atoms with van der Waals surface area (Å²) in [5.41, 5.74) is 2.10. The van der Waals surface area contributed by atoms with Crippen molar-refractivity contribution in [3.63, 3.8) is 0 Å². The summed E-state index contributed by atoms with van der Waals surface area (Å²) in [6.07, 6.45) is 2.78. The molecule has 0 aliphatic carbocycles. The number of aromatic nitrogens is 5. The van der Waals surface area contributed by atoms with Gasteiger partial charge in [-0.3, -0.25) is 5.10 Å². The van der Waals surface area contributed by atoms with Crippen LogP contribution in [-0.2, 0) is 6.42 Å². The Morgan fingerprint density at radius 3 is 2.80 bits per heavy atom. The van der Waals surface area contributed by atoms with E-state index in [0.717, 1.165) is 29.1 Å². The predicted molar refractivity (Wildman–Crippen MR) is 78.5 cm³/mol. The minimum atomic E-state index is 0.0690. The van der Waals surface area contributed by atoms with Crippen molar-refractivity contribution in [2.45, 2.75) is 33.2 Å². The summed E-state index contributed by atoms with van der Waals surface area (Å²) in [6, 6.07) is 8.17. The third kappa shape index (κ3) is 2.31. The van der Waals surface area contributed by atoms with Crippen LogP contribution >= 0.6 is 0 Å². The van der Waals surface area contributed by atoms with Gasteiger partial charge in [-0.2, -0.15) is 5.10 Å². The van der Waals surface area contributed by atoms with Gasteiger partial charge in [0.1, 0.15) is 5.82 Å². The number of fused-ring (bicyclic) bond motifs is 1. The minimum absolute atomic E-state index is 0.0690. The molecule has 20 heavy (non-hydrogen) atoms. The highest BCUT2D eigenvalue weighted by Gasteiger charge is 2.16. The van der Waals surface area contributed by atoms with Crippen LogP contribution in [0.25, 0.3) is 11.0 Å². The largest absolute Gasteiger partial charge is 0.320 e. The molecule has 2 aromatic heterocycles. The molecule has 0 radical (unpaired) electrons. The van der Waals surface area contributed by atoms with Crippen molar-refractivity contribution in [1.82, 2.24) is 24.7 Å². The zero-order valence-electron chi connectivity index (χ0n) is 12.0. The van der Waals surface area contributed by atoms with Crippen LogP contribution in [0.2, 0.25) is 0 Å². The van der Waals surface area contributed by atoms with Crippen molar-refractivity contribution in [2.75, 3.05) is 0 Å². The molecule has 0 saturated carbocycles. The average Bonchev–Trinajstić information content (AvgIpc) is 3.03. The zero-order valence-corrected chi connectivity index (χ0v) is 12.0. The summed E-state index contributed by atoms with van der Waals surface area (Å²) in [5.74, 6) is 2.33. The second-order valence-electron chi connectivity index (χ2n) is 5.55. The van der Waals surface area contributed by atoms with Gasteiger partial charge in [0.2, 0.25) is 0 Å². The summed E-state index contributed by atoms with van der Waals surface area (Å²) in [5, 5.41) is 7.38. The molecule has 0 bridgehead atoms.